The Bertz CT molecular complexity index is 977. The van der Waals surface area contributed by atoms with Crippen molar-refractivity contribution in [1.82, 2.24) is 14.6 Å². The Morgan fingerprint density at radius 1 is 1.16 bits per heavy atom. The monoisotopic (exact) mass is 336 g/mol. The number of ether oxygens (including phenoxy) is 1. The lowest BCUT2D eigenvalue weighted by Gasteiger charge is -2.32. The molecule has 1 aliphatic heterocycles. The van der Waals surface area contributed by atoms with Crippen LogP contribution in [0.3, 0.4) is 0 Å². The highest BCUT2D eigenvalue weighted by molar-refractivity contribution is 6.07. The van der Waals surface area contributed by atoms with Gasteiger partial charge in [-0.05, 0) is 56.0 Å². The molecule has 6 nitrogen and oxygen atoms in total. The number of nitrogens with zero attached hydrogens (tertiary/aromatic N) is 4. The molecule has 1 aliphatic rings. The van der Waals surface area contributed by atoms with Gasteiger partial charge in [-0.1, -0.05) is 6.07 Å². The van der Waals surface area contributed by atoms with Crippen molar-refractivity contribution in [2.24, 2.45) is 0 Å². The lowest BCUT2D eigenvalue weighted by atomic mass is 9.95. The molecule has 0 unspecified atom stereocenters. The first-order valence-electron chi connectivity index (χ1n) is 8.40. The first kappa shape index (κ1) is 15.6. The molecule has 0 radical (unpaired) electrons. The molecular formula is C19H20N4O2. The Labute approximate surface area is 146 Å². The van der Waals surface area contributed by atoms with E-state index >= 15 is 0 Å². The van der Waals surface area contributed by atoms with Crippen molar-refractivity contribution in [3.05, 3.63) is 53.0 Å². The van der Waals surface area contributed by atoms with E-state index in [1.54, 1.807) is 7.11 Å². The van der Waals surface area contributed by atoms with Gasteiger partial charge in [-0.2, -0.15) is 0 Å². The summed E-state index contributed by atoms with van der Waals surface area (Å²) in [6.45, 7) is 4.64. The lowest BCUT2D eigenvalue weighted by molar-refractivity contribution is 0.0984. The average molecular weight is 336 g/mol. The van der Waals surface area contributed by atoms with Crippen LogP contribution in [0.25, 0.3) is 5.65 Å². The van der Waals surface area contributed by atoms with Crippen LogP contribution in [0.2, 0.25) is 0 Å². The summed E-state index contributed by atoms with van der Waals surface area (Å²) in [6.07, 6.45) is 3.72. The van der Waals surface area contributed by atoms with Gasteiger partial charge in [-0.15, -0.1) is 10.2 Å². The van der Waals surface area contributed by atoms with Gasteiger partial charge in [0.1, 0.15) is 11.6 Å². The van der Waals surface area contributed by atoms with Gasteiger partial charge in [0.25, 0.3) is 5.91 Å². The highest BCUT2D eigenvalue weighted by atomic mass is 16.5. The van der Waals surface area contributed by atoms with Crippen molar-refractivity contribution < 1.29 is 9.53 Å². The molecule has 0 N–H and O–H groups in total. The van der Waals surface area contributed by atoms with E-state index in [0.29, 0.717) is 12.1 Å². The summed E-state index contributed by atoms with van der Waals surface area (Å²) in [7, 11) is 1.65. The number of fused-ring (bicyclic) bond motifs is 2. The molecule has 0 saturated heterocycles. The number of rotatable bonds is 2. The van der Waals surface area contributed by atoms with Gasteiger partial charge in [-0.3, -0.25) is 9.20 Å². The number of aryl methyl sites for hydroxylation is 2. The molecule has 1 aromatic carbocycles. The molecule has 4 rings (SSSR count). The van der Waals surface area contributed by atoms with Crippen molar-refractivity contribution in [3.8, 4) is 5.75 Å². The summed E-state index contributed by atoms with van der Waals surface area (Å²) in [5.74, 6) is 1.48. The van der Waals surface area contributed by atoms with E-state index in [1.807, 2.05) is 40.6 Å². The molecule has 3 heterocycles. The summed E-state index contributed by atoms with van der Waals surface area (Å²) in [6, 6.07) is 7.62. The fourth-order valence-electron chi connectivity index (χ4n) is 3.51. The quantitative estimate of drug-likeness (QED) is 0.722. The Hall–Kier alpha value is -2.89. The molecule has 2 aromatic heterocycles. The van der Waals surface area contributed by atoms with Crippen molar-refractivity contribution in [3.63, 3.8) is 0 Å². The zero-order valence-electron chi connectivity index (χ0n) is 14.6. The topological polar surface area (TPSA) is 59.7 Å². The highest BCUT2D eigenvalue weighted by Crippen LogP contribution is 2.38. The van der Waals surface area contributed by atoms with Crippen molar-refractivity contribution in [2.45, 2.75) is 26.7 Å². The van der Waals surface area contributed by atoms with E-state index in [0.717, 1.165) is 35.8 Å². The van der Waals surface area contributed by atoms with Crippen LogP contribution in [0.1, 0.15) is 33.7 Å². The Kier molecular flexibility index (Phi) is 3.67. The van der Waals surface area contributed by atoms with Crippen LogP contribution in [-0.4, -0.2) is 34.2 Å². The molecule has 0 saturated carbocycles. The van der Waals surface area contributed by atoms with Gasteiger partial charge in [-0.25, -0.2) is 0 Å². The van der Waals surface area contributed by atoms with Crippen molar-refractivity contribution in [2.75, 3.05) is 18.6 Å². The molecule has 25 heavy (non-hydrogen) atoms. The van der Waals surface area contributed by atoms with E-state index in [9.17, 15) is 4.79 Å². The molecule has 0 atom stereocenters. The standard InChI is InChI=1S/C19H20N4O2/c1-12-6-8-16(25-3)18-15(12)5-4-10-22(18)19(24)14-7-9-17-21-20-13(2)23(17)11-14/h6-9,11H,4-5,10H2,1-3H3. The van der Waals surface area contributed by atoms with Crippen LogP contribution in [0.4, 0.5) is 5.69 Å². The van der Waals surface area contributed by atoms with Crippen LogP contribution in [0.15, 0.2) is 30.5 Å². The van der Waals surface area contributed by atoms with Gasteiger partial charge >= 0.3 is 0 Å². The largest absolute Gasteiger partial charge is 0.495 e. The van der Waals surface area contributed by atoms with E-state index in [2.05, 4.69) is 23.2 Å². The highest BCUT2D eigenvalue weighted by Gasteiger charge is 2.28. The summed E-state index contributed by atoms with van der Waals surface area (Å²) in [5, 5.41) is 8.13. The molecule has 0 fully saturated rings. The predicted octanol–water partition coefficient (Wildman–Crippen LogP) is 2.95. The van der Waals surface area contributed by atoms with Gasteiger partial charge < -0.3 is 9.64 Å². The third-order valence-electron chi connectivity index (χ3n) is 4.84. The van der Waals surface area contributed by atoms with Crippen LogP contribution in [0.5, 0.6) is 5.75 Å². The second kappa shape index (κ2) is 5.88. The predicted molar refractivity (Wildman–Crippen MR) is 95.5 cm³/mol. The van der Waals surface area contributed by atoms with Gasteiger partial charge in [0.15, 0.2) is 5.65 Å². The van der Waals surface area contributed by atoms with Crippen LogP contribution >= 0.6 is 0 Å². The number of hydrogen-bond acceptors (Lipinski definition) is 4. The van der Waals surface area contributed by atoms with E-state index in [-0.39, 0.29) is 5.91 Å². The Morgan fingerprint density at radius 2 is 2.00 bits per heavy atom. The zero-order valence-corrected chi connectivity index (χ0v) is 14.6. The smallest absolute Gasteiger partial charge is 0.259 e. The summed E-state index contributed by atoms with van der Waals surface area (Å²) < 4.78 is 7.38. The third-order valence-corrected chi connectivity index (χ3v) is 4.84. The van der Waals surface area contributed by atoms with E-state index < -0.39 is 0 Å². The molecule has 0 aliphatic carbocycles. The molecule has 1 amide bonds. The number of amides is 1. The number of carbonyl (C=O) groups is 1. The second-order valence-corrected chi connectivity index (χ2v) is 6.37. The van der Waals surface area contributed by atoms with Gasteiger partial charge in [0.05, 0.1) is 18.4 Å². The van der Waals surface area contributed by atoms with Crippen LogP contribution in [0, 0.1) is 13.8 Å². The molecule has 0 spiro atoms. The molecule has 6 heteroatoms. The number of pyridine rings is 1. The van der Waals surface area contributed by atoms with Crippen molar-refractivity contribution in [1.29, 1.82) is 0 Å². The fraction of sp³-hybridized carbons (Fsp3) is 0.316. The van der Waals surface area contributed by atoms with Crippen LogP contribution in [-0.2, 0) is 6.42 Å². The minimum Gasteiger partial charge on any atom is -0.495 e. The zero-order chi connectivity index (χ0) is 17.6. The third kappa shape index (κ3) is 2.45. The Balaban J connectivity index is 1.81. The maximum absolute atomic E-state index is 13.2. The summed E-state index contributed by atoms with van der Waals surface area (Å²) >= 11 is 0. The first-order chi connectivity index (χ1) is 12.1. The number of hydrogen-bond donors (Lipinski definition) is 0. The first-order valence-corrected chi connectivity index (χ1v) is 8.40. The van der Waals surface area contributed by atoms with Crippen LogP contribution < -0.4 is 9.64 Å². The molecule has 0 bridgehead atoms. The minimum atomic E-state index is -0.0279. The average Bonchev–Trinajstić information content (AvgIpc) is 3.02. The second-order valence-electron chi connectivity index (χ2n) is 6.37. The number of methoxy groups -OCH3 is 1. The Morgan fingerprint density at radius 3 is 2.80 bits per heavy atom. The maximum atomic E-state index is 13.2. The SMILES string of the molecule is COc1ccc(C)c2c1N(C(=O)c1ccc3nnc(C)n3c1)CCC2. The molecular weight excluding hydrogens is 316 g/mol. The normalized spacial score (nSPS) is 13.8. The summed E-state index contributed by atoms with van der Waals surface area (Å²) in [4.78, 5) is 15.1. The number of aromatic nitrogens is 3. The minimum absolute atomic E-state index is 0.0279. The summed E-state index contributed by atoms with van der Waals surface area (Å²) in [5.41, 5.74) is 4.64. The number of anilines is 1. The van der Waals surface area contributed by atoms with E-state index in [1.165, 1.54) is 11.1 Å². The lowest BCUT2D eigenvalue weighted by Crippen LogP contribution is -2.36. The molecule has 3 aromatic rings. The van der Waals surface area contributed by atoms with Gasteiger partial charge in [0.2, 0.25) is 0 Å². The maximum Gasteiger partial charge on any atom is 0.259 e. The van der Waals surface area contributed by atoms with E-state index in [4.69, 9.17) is 4.74 Å². The number of benzene rings is 1. The van der Waals surface area contributed by atoms with Gasteiger partial charge in [0, 0.05) is 12.7 Å². The van der Waals surface area contributed by atoms with Crippen molar-refractivity contribution >= 4 is 17.2 Å². The molecule has 128 valence electrons. The number of carbonyl (C=O) groups excluding carboxylic acids is 1. The fourth-order valence-corrected chi connectivity index (χ4v) is 3.51.